The maximum atomic E-state index is 12.3. The molecule has 0 fully saturated rings. The summed E-state index contributed by atoms with van der Waals surface area (Å²) in [5.74, 6) is 1.08. The third kappa shape index (κ3) is 7.22. The summed E-state index contributed by atoms with van der Waals surface area (Å²) in [6.07, 6.45) is 5.15. The highest BCUT2D eigenvalue weighted by atomic mass is 16.1. The van der Waals surface area contributed by atoms with E-state index in [0.29, 0.717) is 18.1 Å². The zero-order valence-electron chi connectivity index (χ0n) is 15.1. The molecule has 1 aromatic rings. The first kappa shape index (κ1) is 18.9. The van der Waals surface area contributed by atoms with Crippen molar-refractivity contribution in [3.8, 4) is 0 Å². The second-order valence-corrected chi connectivity index (χ2v) is 7.14. The van der Waals surface area contributed by atoms with Crippen molar-refractivity contribution in [3.05, 3.63) is 35.4 Å². The Morgan fingerprint density at radius 1 is 1.00 bits per heavy atom. The highest BCUT2D eigenvalue weighted by Crippen LogP contribution is 2.20. The van der Waals surface area contributed by atoms with Crippen molar-refractivity contribution in [2.45, 2.75) is 58.8 Å². The Labute approximate surface area is 136 Å². The lowest BCUT2D eigenvalue weighted by molar-refractivity contribution is -0.120. The van der Waals surface area contributed by atoms with Crippen molar-refractivity contribution in [3.63, 3.8) is 0 Å². The van der Waals surface area contributed by atoms with Crippen LogP contribution in [0.25, 0.3) is 0 Å². The lowest BCUT2D eigenvalue weighted by atomic mass is 9.92. The number of benzene rings is 1. The average molecular weight is 303 g/mol. The lowest BCUT2D eigenvalue weighted by Gasteiger charge is -2.13. The van der Waals surface area contributed by atoms with E-state index in [1.165, 1.54) is 12.0 Å². The summed E-state index contributed by atoms with van der Waals surface area (Å²) in [6, 6.07) is 8.62. The zero-order valence-corrected chi connectivity index (χ0v) is 15.1. The van der Waals surface area contributed by atoms with Gasteiger partial charge in [-0.3, -0.25) is 4.79 Å². The molecule has 0 bridgehead atoms. The van der Waals surface area contributed by atoms with E-state index in [0.717, 1.165) is 31.4 Å². The Balaban J connectivity index is 2.39. The summed E-state index contributed by atoms with van der Waals surface area (Å²) < 4.78 is 0. The smallest absolute Gasteiger partial charge is 0.140 e. The van der Waals surface area contributed by atoms with Gasteiger partial charge in [-0.15, -0.1) is 0 Å². The van der Waals surface area contributed by atoms with E-state index < -0.39 is 0 Å². The maximum absolute atomic E-state index is 12.3. The summed E-state index contributed by atoms with van der Waals surface area (Å²) in [5, 5.41) is 0. The molecule has 1 atom stereocenters. The van der Waals surface area contributed by atoms with Gasteiger partial charge in [0.05, 0.1) is 0 Å². The third-order valence-corrected chi connectivity index (χ3v) is 4.14. The van der Waals surface area contributed by atoms with E-state index in [4.69, 9.17) is 0 Å². The number of Topliss-reactive ketones (excluding diaryl/α,β-unsaturated/α-hetero) is 1. The molecule has 0 aliphatic heterocycles. The monoisotopic (exact) mass is 303 g/mol. The second kappa shape index (κ2) is 9.78. The van der Waals surface area contributed by atoms with E-state index in [2.05, 4.69) is 57.1 Å². The fraction of sp³-hybridized carbons (Fsp3) is 0.650. The second-order valence-electron chi connectivity index (χ2n) is 7.14. The number of unbranched alkanes of at least 4 members (excludes halogenated alkanes) is 2. The van der Waals surface area contributed by atoms with Crippen molar-refractivity contribution in [2.75, 3.05) is 20.6 Å². The average Bonchev–Trinajstić information content (AvgIpc) is 2.45. The van der Waals surface area contributed by atoms with Gasteiger partial charge in [0.15, 0.2) is 0 Å². The van der Waals surface area contributed by atoms with Crippen LogP contribution in [0.5, 0.6) is 0 Å². The Morgan fingerprint density at radius 2 is 1.64 bits per heavy atom. The Kier molecular flexibility index (Phi) is 8.40. The van der Waals surface area contributed by atoms with Gasteiger partial charge in [0.25, 0.3) is 0 Å². The molecule has 0 amide bonds. The largest absolute Gasteiger partial charge is 0.309 e. The molecule has 0 heterocycles. The number of rotatable bonds is 10. The normalized spacial score (nSPS) is 12.9. The Bertz CT molecular complexity index is 434. The van der Waals surface area contributed by atoms with Crippen molar-refractivity contribution in [1.29, 1.82) is 0 Å². The molecule has 0 N–H and O–H groups in total. The topological polar surface area (TPSA) is 20.3 Å². The van der Waals surface area contributed by atoms with Gasteiger partial charge in [0.2, 0.25) is 0 Å². The molecule has 0 saturated heterocycles. The molecular formula is C20H33NO. The number of hydrogen-bond donors (Lipinski definition) is 0. The van der Waals surface area contributed by atoms with Crippen LogP contribution in [0.1, 0.15) is 63.5 Å². The number of nitrogens with zero attached hydrogens (tertiary/aromatic N) is 1. The van der Waals surface area contributed by atoms with Gasteiger partial charge < -0.3 is 4.90 Å². The van der Waals surface area contributed by atoms with Crippen LogP contribution in [0.15, 0.2) is 24.3 Å². The molecule has 0 aliphatic carbocycles. The van der Waals surface area contributed by atoms with Gasteiger partial charge >= 0.3 is 0 Å². The maximum Gasteiger partial charge on any atom is 0.140 e. The summed E-state index contributed by atoms with van der Waals surface area (Å²) in [4.78, 5) is 14.5. The highest BCUT2D eigenvalue weighted by Gasteiger charge is 2.14. The quantitative estimate of drug-likeness (QED) is 0.585. The molecule has 0 unspecified atom stereocenters. The Morgan fingerprint density at radius 3 is 2.18 bits per heavy atom. The molecule has 2 nitrogen and oxygen atoms in total. The van der Waals surface area contributed by atoms with Crippen LogP contribution >= 0.6 is 0 Å². The molecule has 1 aromatic carbocycles. The fourth-order valence-corrected chi connectivity index (χ4v) is 2.72. The minimum atomic E-state index is 0.0296. The van der Waals surface area contributed by atoms with Crippen LogP contribution in [0.2, 0.25) is 0 Å². The van der Waals surface area contributed by atoms with Crippen LogP contribution in [-0.2, 0) is 11.2 Å². The van der Waals surface area contributed by atoms with Gasteiger partial charge in [-0.05, 0) is 56.9 Å². The summed E-state index contributed by atoms with van der Waals surface area (Å²) in [5.41, 5.74) is 2.52. The van der Waals surface area contributed by atoms with Crippen LogP contribution in [-0.4, -0.2) is 31.3 Å². The summed E-state index contributed by atoms with van der Waals surface area (Å²) in [6.45, 7) is 7.62. The number of carbonyl (C=O) groups is 1. The molecule has 2 heteroatoms. The molecule has 0 aliphatic rings. The van der Waals surface area contributed by atoms with E-state index in [1.54, 1.807) is 0 Å². The highest BCUT2D eigenvalue weighted by molar-refractivity contribution is 5.85. The van der Waals surface area contributed by atoms with Crippen LogP contribution < -0.4 is 0 Å². The predicted molar refractivity (Wildman–Crippen MR) is 95.4 cm³/mol. The molecule has 1 rings (SSSR count). The van der Waals surface area contributed by atoms with Crippen molar-refractivity contribution >= 4 is 5.78 Å². The first-order valence-electron chi connectivity index (χ1n) is 8.66. The van der Waals surface area contributed by atoms with Gasteiger partial charge in [-0.2, -0.15) is 0 Å². The van der Waals surface area contributed by atoms with Gasteiger partial charge in [0.1, 0.15) is 5.78 Å². The summed E-state index contributed by atoms with van der Waals surface area (Å²) >= 11 is 0. The van der Waals surface area contributed by atoms with E-state index in [1.807, 2.05) is 6.92 Å². The number of ketones is 1. The SMILES string of the molecule is CC(C)Cc1ccc([C@@H](C)C(=O)CCCCCN(C)C)cc1. The van der Waals surface area contributed by atoms with Crippen LogP contribution in [0, 0.1) is 5.92 Å². The standard InChI is InChI=1S/C20H33NO/c1-16(2)15-18-10-12-19(13-11-18)17(3)20(22)9-7-6-8-14-21(4)5/h10-13,16-17H,6-9,14-15H2,1-5H3/t17-/m1/s1. The number of hydrogen-bond acceptors (Lipinski definition) is 2. The van der Waals surface area contributed by atoms with Crippen molar-refractivity contribution in [2.24, 2.45) is 5.92 Å². The molecule has 0 saturated carbocycles. The van der Waals surface area contributed by atoms with E-state index in [-0.39, 0.29) is 5.92 Å². The molecule has 0 spiro atoms. The molecule has 0 radical (unpaired) electrons. The van der Waals surface area contributed by atoms with E-state index in [9.17, 15) is 4.79 Å². The minimum Gasteiger partial charge on any atom is -0.309 e. The Hall–Kier alpha value is -1.15. The third-order valence-electron chi connectivity index (χ3n) is 4.14. The first-order chi connectivity index (χ1) is 10.4. The summed E-state index contributed by atoms with van der Waals surface area (Å²) in [7, 11) is 4.19. The predicted octanol–water partition coefficient (Wildman–Crippen LogP) is 4.68. The van der Waals surface area contributed by atoms with E-state index >= 15 is 0 Å². The molecule has 0 aromatic heterocycles. The van der Waals surface area contributed by atoms with Gasteiger partial charge in [-0.1, -0.05) is 51.5 Å². The van der Waals surface area contributed by atoms with Crippen LogP contribution in [0.3, 0.4) is 0 Å². The van der Waals surface area contributed by atoms with Crippen molar-refractivity contribution in [1.82, 2.24) is 4.90 Å². The van der Waals surface area contributed by atoms with Crippen molar-refractivity contribution < 1.29 is 4.79 Å². The fourth-order valence-electron chi connectivity index (χ4n) is 2.72. The minimum absolute atomic E-state index is 0.0296. The zero-order chi connectivity index (χ0) is 16.5. The van der Waals surface area contributed by atoms with Crippen LogP contribution in [0.4, 0.5) is 0 Å². The molecule has 22 heavy (non-hydrogen) atoms. The first-order valence-corrected chi connectivity index (χ1v) is 8.66. The van der Waals surface area contributed by atoms with Gasteiger partial charge in [0, 0.05) is 12.3 Å². The molecule has 124 valence electrons. The molecular weight excluding hydrogens is 270 g/mol. The lowest BCUT2D eigenvalue weighted by Crippen LogP contribution is -2.13. The number of carbonyl (C=O) groups excluding carboxylic acids is 1. The van der Waals surface area contributed by atoms with Gasteiger partial charge in [-0.25, -0.2) is 0 Å².